The van der Waals surface area contributed by atoms with Gasteiger partial charge in [-0.2, -0.15) is 0 Å². The van der Waals surface area contributed by atoms with Crippen LogP contribution in [0, 0.1) is 5.82 Å². The SMILES string of the molecule is O=C1C[C@H](c2cccc(O)c2)C2=C(C[C@H](c3ccc(F)cc3)CC2=O)N1. The highest BCUT2D eigenvalue weighted by atomic mass is 19.1. The normalized spacial score (nSPS) is 22.8. The monoisotopic (exact) mass is 351 g/mol. The number of allylic oxidation sites excluding steroid dienone is 2. The van der Waals surface area contributed by atoms with Crippen LogP contribution in [0.15, 0.2) is 59.8 Å². The summed E-state index contributed by atoms with van der Waals surface area (Å²) < 4.78 is 13.2. The summed E-state index contributed by atoms with van der Waals surface area (Å²) in [6, 6.07) is 12.9. The molecule has 1 heterocycles. The number of hydrogen-bond donors (Lipinski definition) is 2. The van der Waals surface area contributed by atoms with E-state index in [9.17, 15) is 19.1 Å². The second kappa shape index (κ2) is 6.41. The van der Waals surface area contributed by atoms with E-state index in [-0.39, 0.29) is 41.5 Å². The largest absolute Gasteiger partial charge is 0.508 e. The minimum absolute atomic E-state index is 0.00563. The standard InChI is InChI=1S/C21H18FNO3/c22-15-6-4-12(5-7-15)14-9-18-21(19(25)10-14)17(11-20(26)23-18)13-2-1-3-16(24)8-13/h1-8,14,17,24H,9-11H2,(H,23,26)/t14-,17+/m0/s1. The van der Waals surface area contributed by atoms with E-state index in [1.165, 1.54) is 12.1 Å². The summed E-state index contributed by atoms with van der Waals surface area (Å²) in [6.45, 7) is 0. The summed E-state index contributed by atoms with van der Waals surface area (Å²) in [7, 11) is 0. The van der Waals surface area contributed by atoms with Gasteiger partial charge in [-0.15, -0.1) is 0 Å². The number of halogens is 1. The van der Waals surface area contributed by atoms with Gasteiger partial charge in [0, 0.05) is 30.0 Å². The van der Waals surface area contributed by atoms with E-state index in [4.69, 9.17) is 0 Å². The Morgan fingerprint density at radius 3 is 2.46 bits per heavy atom. The molecule has 0 bridgehead atoms. The van der Waals surface area contributed by atoms with Crippen molar-refractivity contribution in [1.29, 1.82) is 0 Å². The molecule has 132 valence electrons. The summed E-state index contributed by atoms with van der Waals surface area (Å²) in [5.74, 6) is -0.759. The van der Waals surface area contributed by atoms with Crippen molar-refractivity contribution >= 4 is 11.7 Å². The molecule has 2 N–H and O–H groups in total. The molecule has 4 nitrogen and oxygen atoms in total. The van der Waals surface area contributed by atoms with E-state index in [0.29, 0.717) is 24.1 Å². The van der Waals surface area contributed by atoms with Gasteiger partial charge in [-0.05, 0) is 47.7 Å². The number of Topliss-reactive ketones (excluding diaryl/α,β-unsaturated/α-hetero) is 1. The number of amides is 1. The number of hydrogen-bond acceptors (Lipinski definition) is 3. The van der Waals surface area contributed by atoms with E-state index in [2.05, 4.69) is 5.32 Å². The van der Waals surface area contributed by atoms with Crippen LogP contribution in [0.1, 0.15) is 42.2 Å². The molecule has 5 heteroatoms. The van der Waals surface area contributed by atoms with E-state index in [1.807, 2.05) is 6.07 Å². The predicted molar refractivity (Wildman–Crippen MR) is 94.0 cm³/mol. The first kappa shape index (κ1) is 16.5. The van der Waals surface area contributed by atoms with Crippen LogP contribution in [0.4, 0.5) is 4.39 Å². The molecule has 0 unspecified atom stereocenters. The number of phenols is 1. The van der Waals surface area contributed by atoms with Gasteiger partial charge in [0.15, 0.2) is 5.78 Å². The Balaban J connectivity index is 1.71. The van der Waals surface area contributed by atoms with Crippen molar-refractivity contribution in [2.24, 2.45) is 0 Å². The summed E-state index contributed by atoms with van der Waals surface area (Å²) in [6.07, 6.45) is 1.05. The van der Waals surface area contributed by atoms with Gasteiger partial charge in [0.25, 0.3) is 0 Å². The van der Waals surface area contributed by atoms with Gasteiger partial charge in [0.05, 0.1) is 0 Å². The number of carbonyl (C=O) groups is 2. The van der Waals surface area contributed by atoms with Crippen molar-refractivity contribution in [1.82, 2.24) is 5.32 Å². The van der Waals surface area contributed by atoms with Gasteiger partial charge in [0.2, 0.25) is 5.91 Å². The summed E-state index contributed by atoms with van der Waals surface area (Å²) >= 11 is 0. The molecule has 0 radical (unpaired) electrons. The van der Waals surface area contributed by atoms with Crippen LogP contribution in [0.3, 0.4) is 0 Å². The Kier molecular flexibility index (Phi) is 4.07. The van der Waals surface area contributed by atoms with Crippen molar-refractivity contribution in [2.45, 2.75) is 31.1 Å². The first-order valence-corrected chi connectivity index (χ1v) is 8.62. The number of rotatable bonds is 2. The molecule has 2 atom stereocenters. The zero-order valence-corrected chi connectivity index (χ0v) is 14.0. The first-order valence-electron chi connectivity index (χ1n) is 8.62. The average Bonchev–Trinajstić information content (AvgIpc) is 2.61. The zero-order chi connectivity index (χ0) is 18.3. The lowest BCUT2D eigenvalue weighted by atomic mass is 9.73. The Labute approximate surface area is 150 Å². The molecule has 1 aliphatic carbocycles. The maximum atomic E-state index is 13.2. The molecule has 2 aromatic carbocycles. The molecule has 2 aliphatic rings. The molecule has 4 rings (SSSR count). The van der Waals surface area contributed by atoms with Crippen LogP contribution in [0.5, 0.6) is 5.75 Å². The molecule has 2 aromatic rings. The van der Waals surface area contributed by atoms with Gasteiger partial charge in [-0.3, -0.25) is 9.59 Å². The van der Waals surface area contributed by atoms with Crippen molar-refractivity contribution in [3.8, 4) is 5.75 Å². The number of aromatic hydroxyl groups is 1. The second-order valence-electron chi connectivity index (χ2n) is 6.87. The van der Waals surface area contributed by atoms with Crippen LogP contribution in [-0.4, -0.2) is 16.8 Å². The van der Waals surface area contributed by atoms with Crippen molar-refractivity contribution in [3.05, 3.63) is 76.7 Å². The van der Waals surface area contributed by atoms with Gasteiger partial charge in [-0.25, -0.2) is 4.39 Å². The fourth-order valence-electron chi connectivity index (χ4n) is 3.96. The van der Waals surface area contributed by atoms with Crippen LogP contribution in [-0.2, 0) is 9.59 Å². The van der Waals surface area contributed by atoms with Crippen molar-refractivity contribution in [3.63, 3.8) is 0 Å². The molecule has 0 fully saturated rings. The fraction of sp³-hybridized carbons (Fsp3) is 0.238. The van der Waals surface area contributed by atoms with Crippen LogP contribution in [0.2, 0.25) is 0 Å². The highest BCUT2D eigenvalue weighted by Crippen LogP contribution is 2.42. The number of nitrogens with one attached hydrogen (secondary N) is 1. The third-order valence-corrected chi connectivity index (χ3v) is 5.15. The highest BCUT2D eigenvalue weighted by Gasteiger charge is 2.38. The van der Waals surface area contributed by atoms with Gasteiger partial charge in [0.1, 0.15) is 11.6 Å². The topological polar surface area (TPSA) is 66.4 Å². The van der Waals surface area contributed by atoms with Gasteiger partial charge >= 0.3 is 0 Å². The zero-order valence-electron chi connectivity index (χ0n) is 14.0. The maximum absolute atomic E-state index is 13.2. The summed E-state index contributed by atoms with van der Waals surface area (Å²) in [5, 5.41) is 12.6. The Morgan fingerprint density at radius 1 is 0.962 bits per heavy atom. The third kappa shape index (κ3) is 3.01. The van der Waals surface area contributed by atoms with E-state index >= 15 is 0 Å². The van der Waals surface area contributed by atoms with E-state index in [1.54, 1.807) is 30.3 Å². The minimum atomic E-state index is -0.340. The quantitative estimate of drug-likeness (QED) is 0.870. The lowest BCUT2D eigenvalue weighted by Crippen LogP contribution is -2.38. The third-order valence-electron chi connectivity index (χ3n) is 5.15. The molecule has 0 spiro atoms. The molecule has 0 saturated carbocycles. The lowest BCUT2D eigenvalue weighted by molar-refractivity contribution is -0.122. The predicted octanol–water partition coefficient (Wildman–Crippen LogP) is 3.54. The number of ketones is 1. The number of phenolic OH excluding ortho intramolecular Hbond substituents is 1. The molecule has 1 amide bonds. The van der Waals surface area contributed by atoms with E-state index < -0.39 is 0 Å². The number of benzene rings is 2. The minimum Gasteiger partial charge on any atom is -0.508 e. The number of carbonyl (C=O) groups excluding carboxylic acids is 2. The molecule has 0 saturated heterocycles. The van der Waals surface area contributed by atoms with Crippen LogP contribution in [0.25, 0.3) is 0 Å². The van der Waals surface area contributed by atoms with E-state index in [0.717, 1.165) is 11.1 Å². The Morgan fingerprint density at radius 2 is 1.73 bits per heavy atom. The Bertz CT molecular complexity index is 917. The van der Waals surface area contributed by atoms with Gasteiger partial charge < -0.3 is 10.4 Å². The average molecular weight is 351 g/mol. The molecular weight excluding hydrogens is 333 g/mol. The highest BCUT2D eigenvalue weighted by molar-refractivity contribution is 6.02. The first-order chi connectivity index (χ1) is 12.5. The fourth-order valence-corrected chi connectivity index (χ4v) is 3.96. The Hall–Kier alpha value is -2.95. The summed E-state index contributed by atoms with van der Waals surface area (Å²) in [4.78, 5) is 25.1. The summed E-state index contributed by atoms with van der Waals surface area (Å²) in [5.41, 5.74) is 2.94. The second-order valence-corrected chi connectivity index (χ2v) is 6.87. The van der Waals surface area contributed by atoms with Crippen LogP contribution < -0.4 is 5.32 Å². The molecule has 1 aliphatic heterocycles. The maximum Gasteiger partial charge on any atom is 0.225 e. The molecule has 0 aromatic heterocycles. The van der Waals surface area contributed by atoms with Gasteiger partial charge in [-0.1, -0.05) is 24.3 Å². The molecule has 26 heavy (non-hydrogen) atoms. The smallest absolute Gasteiger partial charge is 0.225 e. The molecular formula is C21H18FNO3. The van der Waals surface area contributed by atoms with Crippen molar-refractivity contribution in [2.75, 3.05) is 0 Å². The lowest BCUT2D eigenvalue weighted by Gasteiger charge is -2.34. The van der Waals surface area contributed by atoms with Crippen molar-refractivity contribution < 1.29 is 19.1 Å². The van der Waals surface area contributed by atoms with Crippen LogP contribution >= 0.6 is 0 Å².